The zero-order chi connectivity index (χ0) is 14.3. The number of nitrogens with one attached hydrogen (secondary N) is 1. The predicted octanol–water partition coefficient (Wildman–Crippen LogP) is 2.90. The monoisotopic (exact) mass is 308 g/mol. The summed E-state index contributed by atoms with van der Waals surface area (Å²) in [5, 5.41) is 4.80. The van der Waals surface area contributed by atoms with Crippen LogP contribution in [-0.2, 0) is 9.47 Å². The van der Waals surface area contributed by atoms with E-state index in [4.69, 9.17) is 9.47 Å². The molecule has 0 aromatic carbocycles. The van der Waals surface area contributed by atoms with Crippen LogP contribution in [0.25, 0.3) is 0 Å². The summed E-state index contributed by atoms with van der Waals surface area (Å²) in [6.07, 6.45) is 8.73. The highest BCUT2D eigenvalue weighted by molar-refractivity contribution is 8.15. The minimum absolute atomic E-state index is 0.272. The zero-order valence-electron chi connectivity index (χ0n) is 12.6. The number of rotatable bonds is 2. The van der Waals surface area contributed by atoms with Gasteiger partial charge in [-0.2, -0.15) is 0 Å². The van der Waals surface area contributed by atoms with Crippen LogP contribution in [0.3, 0.4) is 0 Å². The van der Waals surface area contributed by atoms with E-state index in [9.17, 15) is 0 Å². The summed E-state index contributed by atoms with van der Waals surface area (Å²) in [7, 11) is 0. The van der Waals surface area contributed by atoms with Crippen LogP contribution in [0, 0.1) is 11.8 Å². The molecule has 0 spiro atoms. The smallest absolute Gasteiger partial charge is 0.162 e. The maximum Gasteiger partial charge on any atom is 0.162 e. The van der Waals surface area contributed by atoms with Gasteiger partial charge in [0.25, 0.3) is 0 Å². The van der Waals surface area contributed by atoms with Crippen molar-refractivity contribution in [3.05, 3.63) is 11.6 Å². The van der Waals surface area contributed by atoms with Crippen molar-refractivity contribution in [3.63, 3.8) is 0 Å². The molecule has 4 atom stereocenters. The quantitative estimate of drug-likeness (QED) is 0.797. The van der Waals surface area contributed by atoms with E-state index < -0.39 is 0 Å². The number of fused-ring (bicyclic) bond motifs is 2. The van der Waals surface area contributed by atoms with Gasteiger partial charge in [-0.25, -0.2) is 4.99 Å². The van der Waals surface area contributed by atoms with Crippen LogP contribution in [-0.4, -0.2) is 36.1 Å². The lowest BCUT2D eigenvalue weighted by Gasteiger charge is -2.37. The van der Waals surface area contributed by atoms with Gasteiger partial charge in [-0.15, -0.1) is 0 Å². The van der Waals surface area contributed by atoms with Gasteiger partial charge in [-0.3, -0.25) is 0 Å². The first-order valence-electron chi connectivity index (χ1n) is 8.14. The molecule has 4 nitrogen and oxygen atoms in total. The van der Waals surface area contributed by atoms with Gasteiger partial charge in [0, 0.05) is 6.04 Å². The van der Waals surface area contributed by atoms with Crippen LogP contribution < -0.4 is 5.32 Å². The van der Waals surface area contributed by atoms with E-state index in [-0.39, 0.29) is 4.93 Å². The molecule has 2 heterocycles. The van der Waals surface area contributed by atoms with E-state index in [1.54, 1.807) is 11.8 Å². The van der Waals surface area contributed by atoms with Gasteiger partial charge in [-0.05, 0) is 61.8 Å². The van der Waals surface area contributed by atoms with Crippen LogP contribution in [0.5, 0.6) is 0 Å². The lowest BCUT2D eigenvalue weighted by Crippen LogP contribution is -2.43. The van der Waals surface area contributed by atoms with Crippen LogP contribution in [0.15, 0.2) is 16.6 Å². The van der Waals surface area contributed by atoms with Crippen molar-refractivity contribution >= 4 is 16.9 Å². The van der Waals surface area contributed by atoms with Crippen LogP contribution in [0.4, 0.5) is 0 Å². The minimum Gasteiger partial charge on any atom is -0.377 e. The number of thioether (sulfide) groups is 1. The maximum absolute atomic E-state index is 5.97. The Hall–Kier alpha value is -0.520. The normalized spacial score (nSPS) is 42.6. The summed E-state index contributed by atoms with van der Waals surface area (Å²) >= 11 is 1.75. The van der Waals surface area contributed by atoms with Crippen molar-refractivity contribution in [1.82, 2.24) is 5.32 Å². The molecule has 116 valence electrons. The van der Waals surface area contributed by atoms with Crippen molar-refractivity contribution in [2.75, 3.05) is 19.9 Å². The highest BCUT2D eigenvalue weighted by atomic mass is 32.2. The maximum atomic E-state index is 5.97. The third-order valence-electron chi connectivity index (χ3n) is 5.43. The second-order valence-electron chi connectivity index (χ2n) is 6.76. The predicted molar refractivity (Wildman–Crippen MR) is 85.3 cm³/mol. The molecule has 4 aliphatic rings. The highest BCUT2D eigenvalue weighted by Gasteiger charge is 2.42. The van der Waals surface area contributed by atoms with Crippen molar-refractivity contribution in [3.8, 4) is 0 Å². The fraction of sp³-hybridized carbons (Fsp3) is 0.812. The Labute approximate surface area is 130 Å². The molecule has 4 rings (SSSR count). The number of hydrogen-bond donors (Lipinski definition) is 1. The Morgan fingerprint density at radius 2 is 2.33 bits per heavy atom. The molecule has 0 amide bonds. The molecule has 2 saturated carbocycles. The number of aliphatic imine (C=N–C) groups is 1. The molecule has 2 aliphatic carbocycles. The van der Waals surface area contributed by atoms with Gasteiger partial charge in [-0.1, -0.05) is 12.5 Å². The number of amidine groups is 1. The van der Waals surface area contributed by atoms with E-state index in [0.717, 1.165) is 30.0 Å². The Morgan fingerprint density at radius 1 is 1.38 bits per heavy atom. The summed E-state index contributed by atoms with van der Waals surface area (Å²) < 4.78 is 11.4. The summed E-state index contributed by atoms with van der Waals surface area (Å²) in [4.78, 5) is 4.28. The molecule has 0 aromatic heterocycles. The molecule has 0 aromatic rings. The van der Waals surface area contributed by atoms with Crippen molar-refractivity contribution in [1.29, 1.82) is 0 Å². The van der Waals surface area contributed by atoms with Crippen LogP contribution in [0.2, 0.25) is 0 Å². The lowest BCUT2D eigenvalue weighted by molar-refractivity contribution is 0.0554. The third kappa shape index (κ3) is 2.76. The van der Waals surface area contributed by atoms with Crippen LogP contribution in [0.1, 0.15) is 39.0 Å². The molecule has 0 radical (unpaired) electrons. The molecule has 1 unspecified atom stereocenters. The molecular formula is C16H24N2O2S. The van der Waals surface area contributed by atoms with Gasteiger partial charge in [0.1, 0.15) is 11.7 Å². The minimum atomic E-state index is -0.272. The van der Waals surface area contributed by atoms with E-state index in [1.807, 2.05) is 0 Å². The standard InChI is InChI=1S/C16H24N2O2S/c1-16(13-4-6-19-7-5-13)20-10-17-15(21-16)18-14-9-11-2-3-12(14)8-11/h4,11-12,14H,2-3,5-10H2,1H3,(H,17,18)/t11-,12+,14+,16?/m1/s1. The molecule has 2 fully saturated rings. The molecule has 21 heavy (non-hydrogen) atoms. The molecule has 5 heteroatoms. The number of hydrogen-bond acceptors (Lipinski definition) is 5. The molecule has 0 saturated heterocycles. The van der Waals surface area contributed by atoms with Crippen LogP contribution >= 0.6 is 11.8 Å². The Morgan fingerprint density at radius 3 is 3.05 bits per heavy atom. The molecule has 1 N–H and O–H groups in total. The number of ether oxygens (including phenoxy) is 2. The average Bonchev–Trinajstić information content (AvgIpc) is 3.11. The fourth-order valence-electron chi connectivity index (χ4n) is 4.21. The molecular weight excluding hydrogens is 284 g/mol. The van der Waals surface area contributed by atoms with E-state index in [1.165, 1.54) is 31.3 Å². The first-order valence-corrected chi connectivity index (χ1v) is 8.96. The van der Waals surface area contributed by atoms with Crippen molar-refractivity contribution < 1.29 is 9.47 Å². The largest absolute Gasteiger partial charge is 0.377 e. The average molecular weight is 308 g/mol. The number of nitrogens with zero attached hydrogens (tertiary/aromatic N) is 1. The molecule has 2 bridgehead atoms. The third-order valence-corrected chi connectivity index (χ3v) is 6.64. The summed E-state index contributed by atoms with van der Waals surface area (Å²) in [6, 6.07) is 0.640. The van der Waals surface area contributed by atoms with Gasteiger partial charge in [0.15, 0.2) is 5.17 Å². The SMILES string of the molecule is CC1(C2=CCOCC2)OCN=C(N[C@H]2C[C@@H]3CC[C@H]2C3)S1. The fourth-order valence-corrected chi connectivity index (χ4v) is 5.34. The first kappa shape index (κ1) is 14.1. The Bertz CT molecular complexity index is 479. The Balaban J connectivity index is 1.42. The van der Waals surface area contributed by atoms with Gasteiger partial charge in [0.05, 0.1) is 13.2 Å². The van der Waals surface area contributed by atoms with E-state index in [0.29, 0.717) is 19.4 Å². The second kappa shape index (κ2) is 5.60. The van der Waals surface area contributed by atoms with Gasteiger partial charge < -0.3 is 14.8 Å². The van der Waals surface area contributed by atoms with E-state index >= 15 is 0 Å². The van der Waals surface area contributed by atoms with Gasteiger partial charge >= 0.3 is 0 Å². The first-order chi connectivity index (χ1) is 10.2. The summed E-state index contributed by atoms with van der Waals surface area (Å²) in [5.74, 6) is 1.83. The summed E-state index contributed by atoms with van der Waals surface area (Å²) in [6.45, 7) is 4.15. The topological polar surface area (TPSA) is 42.9 Å². The summed E-state index contributed by atoms with van der Waals surface area (Å²) in [5.41, 5.74) is 1.35. The van der Waals surface area contributed by atoms with E-state index in [2.05, 4.69) is 23.3 Å². The lowest BCUT2D eigenvalue weighted by atomic mass is 9.96. The second-order valence-corrected chi connectivity index (χ2v) is 8.13. The highest BCUT2D eigenvalue weighted by Crippen LogP contribution is 2.45. The Kier molecular flexibility index (Phi) is 3.76. The van der Waals surface area contributed by atoms with Gasteiger partial charge in [0.2, 0.25) is 0 Å². The molecule has 2 aliphatic heterocycles. The zero-order valence-corrected chi connectivity index (χ0v) is 13.5. The van der Waals surface area contributed by atoms with Crippen molar-refractivity contribution in [2.24, 2.45) is 16.8 Å². The van der Waals surface area contributed by atoms with Crippen molar-refractivity contribution in [2.45, 2.75) is 50.0 Å².